The molecular formula is C76H48. The van der Waals surface area contributed by atoms with Crippen LogP contribution in [0.15, 0.2) is 291 Å². The zero-order chi connectivity index (χ0) is 50.1. The van der Waals surface area contributed by atoms with E-state index >= 15 is 0 Å². The molecule has 0 radical (unpaired) electrons. The summed E-state index contributed by atoms with van der Waals surface area (Å²) >= 11 is 0. The SMILES string of the molecule is c1ccc(-c2ccc(-c3cc(-c4ccc(-c5cccc6ccccc56)cc4)c4ccc5c(-c6ccc(-c7cccc8ccccc78)cc6)cc(-c6ccc(-c7cccc8ccccc78)cc6)c6ccc3c4c65)cc2)cc1. The van der Waals surface area contributed by atoms with E-state index in [1.807, 2.05) is 0 Å². The standard InChI is InChI=1S/C76H48/c1-2-13-49(14-3-1)50-27-29-57(30-28-50)71-47-72(58-37-31-54(32-38-58)64-24-10-18-51-15-4-7-21-61(51)64)68-45-46-70-74(60-41-35-56(36-42-60)66-26-12-20-53-17-6-9-23-63(53)66)48-73(69-44-43-67(71)75(68)76(69)70)59-39-33-55(34-40-59)65-25-11-19-52-16-5-8-22-62(52)65/h1-48H. The summed E-state index contributed by atoms with van der Waals surface area (Å²) in [5, 5.41) is 15.1. The molecule has 0 aromatic heterocycles. The number of rotatable bonds is 8. The van der Waals surface area contributed by atoms with Crippen LogP contribution in [0.5, 0.6) is 0 Å². The van der Waals surface area contributed by atoms with Crippen LogP contribution in [0.1, 0.15) is 0 Å². The molecule has 0 aliphatic carbocycles. The molecule has 0 atom stereocenters. The molecule has 76 heavy (non-hydrogen) atoms. The molecule has 0 spiro atoms. The van der Waals surface area contributed by atoms with Crippen molar-refractivity contribution in [2.45, 2.75) is 0 Å². The highest BCUT2D eigenvalue weighted by Gasteiger charge is 2.22. The molecule has 352 valence electrons. The van der Waals surface area contributed by atoms with Gasteiger partial charge in [-0.05, 0) is 166 Å². The second-order valence-corrected chi connectivity index (χ2v) is 20.3. The van der Waals surface area contributed by atoms with Gasteiger partial charge in [-0.1, -0.05) is 279 Å². The summed E-state index contributed by atoms with van der Waals surface area (Å²) in [7, 11) is 0. The van der Waals surface area contributed by atoms with E-state index in [0.717, 1.165) is 0 Å². The number of hydrogen-bond acceptors (Lipinski definition) is 0. The van der Waals surface area contributed by atoms with E-state index in [0.29, 0.717) is 0 Å². The lowest BCUT2D eigenvalue weighted by molar-refractivity contribution is 1.59. The van der Waals surface area contributed by atoms with Crippen molar-refractivity contribution in [2.24, 2.45) is 0 Å². The van der Waals surface area contributed by atoms with Gasteiger partial charge in [0, 0.05) is 0 Å². The Balaban J connectivity index is 0.964. The predicted molar refractivity (Wildman–Crippen MR) is 326 cm³/mol. The van der Waals surface area contributed by atoms with Crippen LogP contribution in [0, 0.1) is 0 Å². The molecule has 0 saturated heterocycles. The van der Waals surface area contributed by atoms with Crippen molar-refractivity contribution in [3.05, 3.63) is 291 Å². The lowest BCUT2D eigenvalue weighted by atomic mass is 9.81. The van der Waals surface area contributed by atoms with Gasteiger partial charge >= 0.3 is 0 Å². The largest absolute Gasteiger partial charge is 0.0622 e. The summed E-state index contributed by atoms with van der Waals surface area (Å²) in [5.41, 5.74) is 19.4. The Kier molecular flexibility index (Phi) is 10.3. The number of hydrogen-bond donors (Lipinski definition) is 0. The van der Waals surface area contributed by atoms with E-state index in [1.54, 1.807) is 0 Å². The fourth-order valence-corrected chi connectivity index (χ4v) is 12.3. The van der Waals surface area contributed by atoms with Crippen molar-refractivity contribution in [1.29, 1.82) is 0 Å². The van der Waals surface area contributed by atoms with Gasteiger partial charge < -0.3 is 0 Å². The van der Waals surface area contributed by atoms with Crippen molar-refractivity contribution in [3.8, 4) is 89.0 Å². The van der Waals surface area contributed by atoms with Crippen LogP contribution >= 0.6 is 0 Å². The van der Waals surface area contributed by atoms with Gasteiger partial charge in [0.15, 0.2) is 0 Å². The molecule has 0 fully saturated rings. The van der Waals surface area contributed by atoms with Crippen LogP contribution in [0.4, 0.5) is 0 Å². The van der Waals surface area contributed by atoms with Crippen LogP contribution in [-0.2, 0) is 0 Å². The molecule has 0 unspecified atom stereocenters. The highest BCUT2D eigenvalue weighted by molar-refractivity contribution is 6.32. The maximum Gasteiger partial charge on any atom is -0.00139 e. The first kappa shape index (κ1) is 43.7. The normalized spacial score (nSPS) is 11.7. The first-order valence-electron chi connectivity index (χ1n) is 26.4. The van der Waals surface area contributed by atoms with Gasteiger partial charge in [-0.25, -0.2) is 0 Å². The monoisotopic (exact) mass is 960 g/mol. The first-order valence-corrected chi connectivity index (χ1v) is 26.4. The fraction of sp³-hybridized carbons (Fsp3) is 0. The Morgan fingerprint density at radius 3 is 0.684 bits per heavy atom. The van der Waals surface area contributed by atoms with E-state index in [1.165, 1.54) is 154 Å². The first-order chi connectivity index (χ1) is 37.7. The Morgan fingerprint density at radius 1 is 0.132 bits per heavy atom. The van der Waals surface area contributed by atoms with Crippen LogP contribution in [0.3, 0.4) is 0 Å². The molecule has 0 aliphatic rings. The van der Waals surface area contributed by atoms with Crippen LogP contribution in [0.25, 0.3) is 154 Å². The van der Waals surface area contributed by atoms with E-state index in [4.69, 9.17) is 0 Å². The van der Waals surface area contributed by atoms with E-state index in [2.05, 4.69) is 291 Å². The Morgan fingerprint density at radius 2 is 0.368 bits per heavy atom. The highest BCUT2D eigenvalue weighted by atomic mass is 14.2. The molecule has 0 aliphatic heterocycles. The molecule has 0 nitrogen and oxygen atoms in total. The molecule has 0 N–H and O–H groups in total. The fourth-order valence-electron chi connectivity index (χ4n) is 12.3. The minimum atomic E-state index is 1.19. The smallest absolute Gasteiger partial charge is 0.00139 e. The van der Waals surface area contributed by atoms with E-state index in [9.17, 15) is 0 Å². The van der Waals surface area contributed by atoms with Crippen molar-refractivity contribution >= 4 is 64.6 Å². The van der Waals surface area contributed by atoms with Gasteiger partial charge in [-0.15, -0.1) is 0 Å². The Bertz CT molecular complexity index is 4520. The lowest BCUT2D eigenvalue weighted by Crippen LogP contribution is -1.94. The molecule has 15 rings (SSSR count). The van der Waals surface area contributed by atoms with Gasteiger partial charge in [-0.2, -0.15) is 0 Å². The number of fused-ring (bicyclic) bond motifs is 3. The molecule has 0 bridgehead atoms. The second-order valence-electron chi connectivity index (χ2n) is 20.3. The minimum absolute atomic E-state index is 1.19. The maximum absolute atomic E-state index is 2.46. The van der Waals surface area contributed by atoms with Crippen LogP contribution in [0.2, 0.25) is 0 Å². The van der Waals surface area contributed by atoms with Gasteiger partial charge in [0.25, 0.3) is 0 Å². The molecule has 0 saturated carbocycles. The molecular weight excluding hydrogens is 913 g/mol. The van der Waals surface area contributed by atoms with Gasteiger partial charge in [0.1, 0.15) is 0 Å². The summed E-state index contributed by atoms with van der Waals surface area (Å²) < 4.78 is 0. The van der Waals surface area contributed by atoms with Crippen molar-refractivity contribution in [2.75, 3.05) is 0 Å². The maximum atomic E-state index is 2.46. The highest BCUT2D eigenvalue weighted by Crippen LogP contribution is 2.49. The molecule has 0 heteroatoms. The topological polar surface area (TPSA) is 0 Å². The summed E-state index contributed by atoms with van der Waals surface area (Å²) in [6.45, 7) is 0. The van der Waals surface area contributed by atoms with Crippen LogP contribution in [-0.4, -0.2) is 0 Å². The quantitative estimate of drug-likeness (QED) is 0.133. The summed E-state index contributed by atoms with van der Waals surface area (Å²) in [6.07, 6.45) is 0. The van der Waals surface area contributed by atoms with E-state index < -0.39 is 0 Å². The number of benzene rings is 15. The summed E-state index contributed by atoms with van der Waals surface area (Å²) in [4.78, 5) is 0. The minimum Gasteiger partial charge on any atom is -0.0622 e. The third-order valence-electron chi connectivity index (χ3n) is 16.1. The van der Waals surface area contributed by atoms with Crippen LogP contribution < -0.4 is 0 Å². The van der Waals surface area contributed by atoms with Gasteiger partial charge in [0.05, 0.1) is 0 Å². The predicted octanol–water partition coefficient (Wildman–Crippen LogP) is 21.4. The lowest BCUT2D eigenvalue weighted by Gasteiger charge is -2.22. The average Bonchev–Trinajstić information content (AvgIpc) is 3.61. The van der Waals surface area contributed by atoms with E-state index in [-0.39, 0.29) is 0 Å². The van der Waals surface area contributed by atoms with Gasteiger partial charge in [-0.3, -0.25) is 0 Å². The molecule has 15 aromatic carbocycles. The zero-order valence-electron chi connectivity index (χ0n) is 41.7. The van der Waals surface area contributed by atoms with Crippen molar-refractivity contribution in [3.63, 3.8) is 0 Å². The summed E-state index contributed by atoms with van der Waals surface area (Å²) in [6, 6.07) is 108. The average molecular weight is 961 g/mol. The summed E-state index contributed by atoms with van der Waals surface area (Å²) in [5.74, 6) is 0. The molecule has 0 amide bonds. The second kappa shape index (κ2) is 18.0. The zero-order valence-corrected chi connectivity index (χ0v) is 41.7. The Hall–Kier alpha value is -9.88. The molecule has 0 heterocycles. The van der Waals surface area contributed by atoms with Gasteiger partial charge in [0.2, 0.25) is 0 Å². The van der Waals surface area contributed by atoms with Crippen molar-refractivity contribution in [1.82, 2.24) is 0 Å². The Labute approximate surface area is 442 Å². The van der Waals surface area contributed by atoms with Crippen molar-refractivity contribution < 1.29 is 0 Å². The third-order valence-corrected chi connectivity index (χ3v) is 16.1. The molecule has 15 aromatic rings. The third kappa shape index (κ3) is 7.30.